The standard InChI is InChI=1S/C22H17ClN6O2/c23-17-9-11-18(12-10-17)27-21-20(29(30)31)22(26-15-25-21)28(19-8-4-5-13-24-19)14-16-6-2-1-3-7-16/h1-13,15H,14H2,(H,25,26,27). The van der Waals surface area contributed by atoms with Crippen molar-refractivity contribution >= 4 is 40.4 Å². The van der Waals surface area contributed by atoms with Crippen molar-refractivity contribution in [1.29, 1.82) is 0 Å². The molecule has 154 valence electrons. The zero-order valence-electron chi connectivity index (χ0n) is 16.2. The van der Waals surface area contributed by atoms with Crippen molar-refractivity contribution in [3.63, 3.8) is 0 Å². The molecule has 8 nitrogen and oxygen atoms in total. The third kappa shape index (κ3) is 4.76. The van der Waals surface area contributed by atoms with Gasteiger partial charge in [-0.2, -0.15) is 0 Å². The number of halogens is 1. The fourth-order valence-electron chi connectivity index (χ4n) is 3.04. The minimum absolute atomic E-state index is 0.0753. The molecule has 2 aromatic heterocycles. The number of nitrogens with zero attached hydrogens (tertiary/aromatic N) is 5. The molecule has 0 aliphatic carbocycles. The highest BCUT2D eigenvalue weighted by Gasteiger charge is 2.28. The second-order valence-electron chi connectivity index (χ2n) is 6.54. The van der Waals surface area contributed by atoms with Gasteiger partial charge in [0.05, 0.1) is 11.5 Å². The van der Waals surface area contributed by atoms with Gasteiger partial charge in [0.15, 0.2) is 0 Å². The summed E-state index contributed by atoms with van der Waals surface area (Å²) in [5.74, 6) is 0.746. The molecule has 0 bridgehead atoms. The van der Waals surface area contributed by atoms with Crippen LogP contribution < -0.4 is 10.2 Å². The molecule has 0 aliphatic rings. The molecule has 2 aromatic carbocycles. The Labute approximate surface area is 183 Å². The van der Waals surface area contributed by atoms with E-state index in [1.165, 1.54) is 6.33 Å². The summed E-state index contributed by atoms with van der Waals surface area (Å²) in [4.78, 5) is 26.1. The minimum atomic E-state index is -0.492. The number of benzene rings is 2. The first-order chi connectivity index (χ1) is 15.1. The zero-order valence-corrected chi connectivity index (χ0v) is 17.0. The quantitative estimate of drug-likeness (QED) is 0.303. The largest absolute Gasteiger partial charge is 0.354 e. The van der Waals surface area contributed by atoms with Gasteiger partial charge in [0.2, 0.25) is 11.6 Å². The summed E-state index contributed by atoms with van der Waals surface area (Å²) < 4.78 is 0. The first-order valence-electron chi connectivity index (χ1n) is 9.36. The second kappa shape index (κ2) is 9.19. The molecule has 0 amide bonds. The van der Waals surface area contributed by atoms with Crippen molar-refractivity contribution in [3.8, 4) is 0 Å². The Bertz CT molecular complexity index is 1170. The van der Waals surface area contributed by atoms with Gasteiger partial charge in [-0.05, 0) is 42.0 Å². The summed E-state index contributed by atoms with van der Waals surface area (Å²) in [6.45, 7) is 0.343. The predicted molar refractivity (Wildman–Crippen MR) is 120 cm³/mol. The van der Waals surface area contributed by atoms with Crippen LogP contribution in [0.25, 0.3) is 0 Å². The number of hydrogen-bond acceptors (Lipinski definition) is 7. The van der Waals surface area contributed by atoms with Gasteiger partial charge in [0, 0.05) is 16.9 Å². The fourth-order valence-corrected chi connectivity index (χ4v) is 3.17. The van der Waals surface area contributed by atoms with Crippen molar-refractivity contribution < 1.29 is 4.92 Å². The summed E-state index contributed by atoms with van der Waals surface area (Å²) in [5.41, 5.74) is 1.32. The highest BCUT2D eigenvalue weighted by molar-refractivity contribution is 6.30. The number of anilines is 4. The van der Waals surface area contributed by atoms with Crippen LogP contribution in [0.5, 0.6) is 0 Å². The van der Waals surface area contributed by atoms with Crippen LogP contribution in [0.15, 0.2) is 85.3 Å². The lowest BCUT2D eigenvalue weighted by Crippen LogP contribution is -2.21. The molecule has 9 heteroatoms. The lowest BCUT2D eigenvalue weighted by Gasteiger charge is -2.23. The summed E-state index contributed by atoms with van der Waals surface area (Å²) >= 11 is 5.93. The summed E-state index contributed by atoms with van der Waals surface area (Å²) in [6.07, 6.45) is 2.93. The molecule has 31 heavy (non-hydrogen) atoms. The van der Waals surface area contributed by atoms with Crippen LogP contribution in [-0.4, -0.2) is 19.9 Å². The van der Waals surface area contributed by atoms with Crippen LogP contribution in [0.3, 0.4) is 0 Å². The van der Waals surface area contributed by atoms with E-state index in [-0.39, 0.29) is 17.3 Å². The molecule has 0 radical (unpaired) electrons. The molecular weight excluding hydrogens is 416 g/mol. The number of nitro groups is 1. The van der Waals surface area contributed by atoms with E-state index < -0.39 is 4.92 Å². The number of hydrogen-bond donors (Lipinski definition) is 1. The van der Waals surface area contributed by atoms with Gasteiger partial charge in [0.1, 0.15) is 12.1 Å². The smallest absolute Gasteiger partial charge is 0.334 e. The Morgan fingerprint density at radius 1 is 0.935 bits per heavy atom. The van der Waals surface area contributed by atoms with Gasteiger partial charge in [-0.3, -0.25) is 10.1 Å². The van der Waals surface area contributed by atoms with E-state index in [1.54, 1.807) is 47.5 Å². The third-order valence-electron chi connectivity index (χ3n) is 4.46. The van der Waals surface area contributed by atoms with Gasteiger partial charge >= 0.3 is 5.69 Å². The maximum Gasteiger partial charge on any atom is 0.354 e. The topological polar surface area (TPSA) is 97.1 Å². The van der Waals surface area contributed by atoms with Crippen molar-refractivity contribution in [1.82, 2.24) is 15.0 Å². The third-order valence-corrected chi connectivity index (χ3v) is 4.71. The number of nitrogens with one attached hydrogen (secondary N) is 1. The van der Waals surface area contributed by atoms with Crippen molar-refractivity contribution in [3.05, 3.63) is 106 Å². The van der Waals surface area contributed by atoms with Crippen molar-refractivity contribution in [2.24, 2.45) is 0 Å². The Balaban J connectivity index is 1.80. The van der Waals surface area contributed by atoms with E-state index in [9.17, 15) is 10.1 Å². The molecule has 0 saturated heterocycles. The number of aromatic nitrogens is 3. The molecular formula is C22H17ClN6O2. The van der Waals surface area contributed by atoms with Crippen molar-refractivity contribution in [2.45, 2.75) is 6.54 Å². The van der Waals surface area contributed by atoms with Gasteiger partial charge in [0.25, 0.3) is 0 Å². The monoisotopic (exact) mass is 432 g/mol. The van der Waals surface area contributed by atoms with E-state index in [0.29, 0.717) is 23.1 Å². The summed E-state index contributed by atoms with van der Waals surface area (Å²) in [6, 6.07) is 21.8. The molecule has 0 atom stereocenters. The molecule has 0 saturated carbocycles. The first kappa shape index (κ1) is 20.2. The van der Waals surface area contributed by atoms with Gasteiger partial charge in [-0.15, -0.1) is 0 Å². The molecule has 4 rings (SSSR count). The van der Waals surface area contributed by atoms with Gasteiger partial charge in [-0.25, -0.2) is 15.0 Å². The van der Waals surface area contributed by atoms with Gasteiger partial charge in [-0.1, -0.05) is 48.0 Å². The van der Waals surface area contributed by atoms with Crippen LogP contribution in [0, 0.1) is 10.1 Å². The predicted octanol–water partition coefficient (Wildman–Crippen LogP) is 5.52. The first-order valence-corrected chi connectivity index (χ1v) is 9.74. The van der Waals surface area contributed by atoms with Gasteiger partial charge < -0.3 is 10.2 Å². The number of rotatable bonds is 7. The molecule has 0 spiro atoms. The molecule has 0 fully saturated rings. The molecule has 4 aromatic rings. The van der Waals surface area contributed by atoms with Crippen LogP contribution in [-0.2, 0) is 6.54 Å². The lowest BCUT2D eigenvalue weighted by molar-refractivity contribution is -0.383. The highest BCUT2D eigenvalue weighted by Crippen LogP contribution is 2.37. The van der Waals surface area contributed by atoms with Crippen LogP contribution in [0.4, 0.5) is 28.8 Å². The van der Waals surface area contributed by atoms with E-state index >= 15 is 0 Å². The summed E-state index contributed by atoms with van der Waals surface area (Å²) in [5, 5.41) is 15.6. The zero-order chi connectivity index (χ0) is 21.6. The normalized spacial score (nSPS) is 10.5. The molecule has 1 N–H and O–H groups in total. The van der Waals surface area contributed by atoms with Crippen LogP contribution in [0.1, 0.15) is 5.56 Å². The van der Waals surface area contributed by atoms with E-state index in [2.05, 4.69) is 20.3 Å². The average molecular weight is 433 g/mol. The van der Waals surface area contributed by atoms with Crippen LogP contribution >= 0.6 is 11.6 Å². The Morgan fingerprint density at radius 2 is 1.68 bits per heavy atom. The molecule has 0 aliphatic heterocycles. The Hall–Kier alpha value is -4.04. The SMILES string of the molecule is O=[N+]([O-])c1c(Nc2ccc(Cl)cc2)ncnc1N(Cc1ccccc1)c1ccccn1. The second-order valence-corrected chi connectivity index (χ2v) is 6.98. The van der Waals surface area contributed by atoms with E-state index in [1.807, 2.05) is 36.4 Å². The Kier molecular flexibility index (Phi) is 6.00. The van der Waals surface area contributed by atoms with E-state index in [0.717, 1.165) is 5.56 Å². The molecule has 0 unspecified atom stereocenters. The van der Waals surface area contributed by atoms with Crippen molar-refractivity contribution in [2.75, 3.05) is 10.2 Å². The van der Waals surface area contributed by atoms with E-state index in [4.69, 9.17) is 11.6 Å². The maximum atomic E-state index is 12.1. The average Bonchev–Trinajstić information content (AvgIpc) is 2.80. The lowest BCUT2D eigenvalue weighted by atomic mass is 10.2. The molecule has 2 heterocycles. The fraction of sp³-hybridized carbons (Fsp3) is 0.0455. The minimum Gasteiger partial charge on any atom is -0.334 e. The van der Waals surface area contributed by atoms with Crippen LogP contribution in [0.2, 0.25) is 5.02 Å². The maximum absolute atomic E-state index is 12.1. The summed E-state index contributed by atoms with van der Waals surface area (Å²) in [7, 11) is 0. The highest BCUT2D eigenvalue weighted by atomic mass is 35.5. The Morgan fingerprint density at radius 3 is 2.35 bits per heavy atom. The number of pyridine rings is 1.